The minimum atomic E-state index is -0.436. The average molecular weight is 164 g/mol. The Morgan fingerprint density at radius 1 is 1.83 bits per heavy atom. The van der Waals surface area contributed by atoms with E-state index in [4.69, 9.17) is 11.2 Å². The molecule has 1 aromatic heterocycles. The lowest BCUT2D eigenvalue weighted by Crippen LogP contribution is -1.98. The number of aromatic nitrogens is 2. The monoisotopic (exact) mass is 164 g/mol. The molecule has 4 nitrogen and oxygen atoms in total. The van der Waals surface area contributed by atoms with Crippen molar-refractivity contribution >= 4 is 5.78 Å². The standard InChI is InChI=1S/C8H8N2O2/c1-4-7(11)6-5-8(12-3)10(2)9-6/h1,5H,2-3H3. The molecule has 62 valence electrons. The molecule has 1 aromatic rings. The third-order valence-electron chi connectivity index (χ3n) is 1.41. The van der Waals surface area contributed by atoms with Gasteiger partial charge in [0.15, 0.2) is 0 Å². The Balaban J connectivity index is 3.06. The summed E-state index contributed by atoms with van der Waals surface area (Å²) in [6, 6.07) is 1.50. The Morgan fingerprint density at radius 2 is 2.50 bits per heavy atom. The van der Waals surface area contributed by atoms with Crippen LogP contribution in [0, 0.1) is 12.3 Å². The van der Waals surface area contributed by atoms with Gasteiger partial charge >= 0.3 is 0 Å². The zero-order chi connectivity index (χ0) is 9.14. The average Bonchev–Trinajstić information content (AvgIpc) is 2.45. The van der Waals surface area contributed by atoms with Crippen LogP contribution in [-0.4, -0.2) is 22.7 Å². The first-order valence-corrected chi connectivity index (χ1v) is 3.28. The van der Waals surface area contributed by atoms with Crippen LogP contribution in [0.5, 0.6) is 5.88 Å². The summed E-state index contributed by atoms with van der Waals surface area (Å²) in [4.78, 5) is 10.9. The van der Waals surface area contributed by atoms with Gasteiger partial charge in [0.25, 0.3) is 5.78 Å². The van der Waals surface area contributed by atoms with Crippen molar-refractivity contribution in [1.82, 2.24) is 9.78 Å². The van der Waals surface area contributed by atoms with E-state index in [1.54, 1.807) is 7.05 Å². The molecule has 0 N–H and O–H groups in total. The minimum absolute atomic E-state index is 0.233. The van der Waals surface area contributed by atoms with Gasteiger partial charge in [0, 0.05) is 13.1 Å². The number of hydrogen-bond donors (Lipinski definition) is 0. The lowest BCUT2D eigenvalue weighted by molar-refractivity contribution is 0.105. The Hall–Kier alpha value is -1.76. The van der Waals surface area contributed by atoms with Crippen molar-refractivity contribution in [2.45, 2.75) is 0 Å². The van der Waals surface area contributed by atoms with E-state index in [2.05, 4.69) is 5.10 Å². The fourth-order valence-corrected chi connectivity index (χ4v) is 0.826. The van der Waals surface area contributed by atoms with Crippen LogP contribution in [0.1, 0.15) is 10.5 Å². The molecule has 1 rings (SSSR count). The van der Waals surface area contributed by atoms with Crippen molar-refractivity contribution in [2.75, 3.05) is 7.11 Å². The molecular formula is C8H8N2O2. The third kappa shape index (κ3) is 1.30. The smallest absolute Gasteiger partial charge is 0.256 e. The molecule has 0 saturated carbocycles. The number of hydrogen-bond acceptors (Lipinski definition) is 3. The largest absolute Gasteiger partial charge is 0.481 e. The molecular weight excluding hydrogens is 156 g/mol. The van der Waals surface area contributed by atoms with Crippen LogP contribution in [0.3, 0.4) is 0 Å². The summed E-state index contributed by atoms with van der Waals surface area (Å²) < 4.78 is 6.35. The summed E-state index contributed by atoms with van der Waals surface area (Å²) in [5.74, 6) is 2.05. The maximum atomic E-state index is 10.9. The molecule has 0 fully saturated rings. The number of terminal acetylenes is 1. The first-order valence-electron chi connectivity index (χ1n) is 3.28. The van der Waals surface area contributed by atoms with Crippen molar-refractivity contribution in [2.24, 2.45) is 7.05 Å². The zero-order valence-corrected chi connectivity index (χ0v) is 6.87. The van der Waals surface area contributed by atoms with Gasteiger partial charge in [0.2, 0.25) is 5.88 Å². The highest BCUT2D eigenvalue weighted by Crippen LogP contribution is 2.10. The highest BCUT2D eigenvalue weighted by Gasteiger charge is 2.09. The molecule has 0 aliphatic carbocycles. The maximum absolute atomic E-state index is 10.9. The molecule has 0 radical (unpaired) electrons. The predicted octanol–water partition coefficient (Wildman–Crippen LogP) is 0.245. The highest BCUT2D eigenvalue weighted by molar-refractivity contribution is 6.07. The van der Waals surface area contributed by atoms with Crippen molar-refractivity contribution < 1.29 is 9.53 Å². The summed E-state index contributed by atoms with van der Waals surface area (Å²) in [6.07, 6.45) is 4.92. The van der Waals surface area contributed by atoms with Gasteiger partial charge in [-0.1, -0.05) is 0 Å². The van der Waals surface area contributed by atoms with Crippen molar-refractivity contribution in [1.29, 1.82) is 0 Å². The van der Waals surface area contributed by atoms with Crippen LogP contribution in [0.15, 0.2) is 6.07 Å². The van der Waals surface area contributed by atoms with Gasteiger partial charge in [-0.15, -0.1) is 6.42 Å². The molecule has 0 bridgehead atoms. The van der Waals surface area contributed by atoms with Crippen LogP contribution in [0.2, 0.25) is 0 Å². The first-order chi connectivity index (χ1) is 5.69. The van der Waals surface area contributed by atoms with E-state index in [1.807, 2.05) is 5.92 Å². The molecule has 0 saturated heterocycles. The molecule has 0 amide bonds. The molecule has 0 aliphatic heterocycles. The van der Waals surface area contributed by atoms with Crippen LogP contribution in [0.4, 0.5) is 0 Å². The van der Waals surface area contributed by atoms with E-state index in [0.717, 1.165) is 0 Å². The van der Waals surface area contributed by atoms with E-state index < -0.39 is 5.78 Å². The predicted molar refractivity (Wildman–Crippen MR) is 42.9 cm³/mol. The minimum Gasteiger partial charge on any atom is -0.481 e. The molecule has 0 atom stereocenters. The number of carbonyl (C=O) groups is 1. The van der Waals surface area contributed by atoms with Crippen LogP contribution >= 0.6 is 0 Å². The molecule has 4 heteroatoms. The highest BCUT2D eigenvalue weighted by atomic mass is 16.5. The second-order valence-corrected chi connectivity index (χ2v) is 2.17. The van der Waals surface area contributed by atoms with Crippen LogP contribution < -0.4 is 4.74 Å². The van der Waals surface area contributed by atoms with Gasteiger partial charge in [0.1, 0.15) is 5.69 Å². The Morgan fingerprint density at radius 3 is 2.92 bits per heavy atom. The topological polar surface area (TPSA) is 44.1 Å². The zero-order valence-electron chi connectivity index (χ0n) is 6.87. The number of methoxy groups -OCH3 is 1. The number of aryl methyl sites for hydroxylation is 1. The Labute approximate surface area is 70.1 Å². The molecule has 0 spiro atoms. The van der Waals surface area contributed by atoms with Crippen molar-refractivity contribution in [3.63, 3.8) is 0 Å². The second kappa shape index (κ2) is 3.09. The van der Waals surface area contributed by atoms with Crippen LogP contribution in [-0.2, 0) is 7.05 Å². The van der Waals surface area contributed by atoms with Gasteiger partial charge in [0.05, 0.1) is 7.11 Å². The fraction of sp³-hybridized carbons (Fsp3) is 0.250. The first kappa shape index (κ1) is 8.34. The van der Waals surface area contributed by atoms with E-state index in [9.17, 15) is 4.79 Å². The summed E-state index contributed by atoms with van der Waals surface area (Å²) in [5, 5.41) is 3.85. The molecule has 0 unspecified atom stereocenters. The quantitative estimate of drug-likeness (QED) is 0.357. The number of nitrogens with zero attached hydrogens (tertiary/aromatic N) is 2. The maximum Gasteiger partial charge on any atom is 0.256 e. The number of Topliss-reactive ketones (excluding diaryl/α,β-unsaturated/α-hetero) is 1. The Bertz CT molecular complexity index is 346. The summed E-state index contributed by atoms with van der Waals surface area (Å²) in [5.41, 5.74) is 0.233. The van der Waals surface area contributed by atoms with Gasteiger partial charge in [-0.25, -0.2) is 4.68 Å². The number of rotatable bonds is 2. The van der Waals surface area contributed by atoms with Gasteiger partial charge in [-0.3, -0.25) is 4.79 Å². The molecule has 0 aliphatic rings. The lowest BCUT2D eigenvalue weighted by Gasteiger charge is -1.95. The summed E-state index contributed by atoms with van der Waals surface area (Å²) >= 11 is 0. The SMILES string of the molecule is C#CC(=O)c1cc(OC)n(C)n1. The van der Waals surface area contributed by atoms with Crippen LogP contribution in [0.25, 0.3) is 0 Å². The normalized spacial score (nSPS) is 9.08. The lowest BCUT2D eigenvalue weighted by atomic mass is 10.3. The van der Waals surface area contributed by atoms with Crippen molar-refractivity contribution in [3.05, 3.63) is 11.8 Å². The molecule has 0 aromatic carbocycles. The number of ketones is 1. The summed E-state index contributed by atoms with van der Waals surface area (Å²) in [6.45, 7) is 0. The number of carbonyl (C=O) groups excluding carboxylic acids is 1. The third-order valence-corrected chi connectivity index (χ3v) is 1.41. The van der Waals surface area contributed by atoms with E-state index in [-0.39, 0.29) is 5.69 Å². The van der Waals surface area contributed by atoms with Crippen molar-refractivity contribution in [3.8, 4) is 18.2 Å². The van der Waals surface area contributed by atoms with Gasteiger partial charge < -0.3 is 4.74 Å². The van der Waals surface area contributed by atoms with E-state index in [1.165, 1.54) is 17.9 Å². The summed E-state index contributed by atoms with van der Waals surface area (Å²) in [7, 11) is 3.17. The van der Waals surface area contributed by atoms with E-state index in [0.29, 0.717) is 5.88 Å². The number of ether oxygens (including phenoxy) is 1. The van der Waals surface area contributed by atoms with Gasteiger partial charge in [-0.2, -0.15) is 5.10 Å². The molecule has 1 heterocycles. The van der Waals surface area contributed by atoms with E-state index >= 15 is 0 Å². The second-order valence-electron chi connectivity index (χ2n) is 2.17. The fourth-order valence-electron chi connectivity index (χ4n) is 0.826. The Kier molecular flexibility index (Phi) is 2.15. The van der Waals surface area contributed by atoms with Gasteiger partial charge in [-0.05, 0) is 5.92 Å². The molecule has 12 heavy (non-hydrogen) atoms.